The predicted molar refractivity (Wildman–Crippen MR) is 150 cm³/mol. The molecule has 3 aliphatic heterocycles. The molecule has 40 heavy (non-hydrogen) atoms. The lowest BCUT2D eigenvalue weighted by Gasteiger charge is -2.32. The van der Waals surface area contributed by atoms with Gasteiger partial charge < -0.3 is 25.0 Å². The van der Waals surface area contributed by atoms with E-state index in [-0.39, 0.29) is 29.9 Å². The lowest BCUT2D eigenvalue weighted by atomic mass is 10.1. The molecule has 1 saturated heterocycles. The lowest BCUT2D eigenvalue weighted by molar-refractivity contribution is -0.116. The average molecular weight is 560 g/mol. The van der Waals surface area contributed by atoms with Crippen molar-refractivity contribution in [2.24, 2.45) is 0 Å². The lowest BCUT2D eigenvalue weighted by Crippen LogP contribution is -2.43. The van der Waals surface area contributed by atoms with Gasteiger partial charge in [-0.25, -0.2) is 4.98 Å². The van der Waals surface area contributed by atoms with Crippen LogP contribution in [0, 0.1) is 0 Å². The number of pyridine rings is 1. The summed E-state index contributed by atoms with van der Waals surface area (Å²) < 4.78 is 12.3. The molecule has 1 saturated carbocycles. The van der Waals surface area contributed by atoms with Crippen molar-refractivity contribution in [3.05, 3.63) is 75.9 Å². The van der Waals surface area contributed by atoms with Crippen LogP contribution in [-0.4, -0.2) is 72.0 Å². The van der Waals surface area contributed by atoms with Gasteiger partial charge in [0, 0.05) is 67.1 Å². The maximum absolute atomic E-state index is 13.1. The normalized spacial score (nSPS) is 23.4. The van der Waals surface area contributed by atoms with Crippen LogP contribution in [0.15, 0.2) is 48.7 Å². The molecule has 7 rings (SSSR count). The fourth-order valence-corrected chi connectivity index (χ4v) is 6.09. The molecule has 1 unspecified atom stereocenters. The molecule has 10 heteroatoms. The van der Waals surface area contributed by atoms with Gasteiger partial charge >= 0.3 is 0 Å². The van der Waals surface area contributed by atoms with Crippen molar-refractivity contribution < 1.29 is 19.1 Å². The number of anilines is 1. The number of halogens is 1. The Bertz CT molecular complexity index is 1510. The number of hydrogen-bond donors (Lipinski definition) is 2. The first-order chi connectivity index (χ1) is 19.4. The highest BCUT2D eigenvalue weighted by Gasteiger charge is 2.59. The highest BCUT2D eigenvalue weighted by atomic mass is 35.5. The monoisotopic (exact) mass is 559 g/mol. The number of rotatable bonds is 6. The van der Waals surface area contributed by atoms with Gasteiger partial charge in [-0.1, -0.05) is 17.7 Å². The number of carbonyl (C=O) groups excluding carboxylic acids is 2. The van der Waals surface area contributed by atoms with E-state index < -0.39 is 0 Å². The zero-order chi connectivity index (χ0) is 27.4. The Hall–Kier alpha value is -3.66. The highest BCUT2D eigenvalue weighted by Crippen LogP contribution is 2.54. The van der Waals surface area contributed by atoms with Crippen LogP contribution >= 0.6 is 11.6 Å². The van der Waals surface area contributed by atoms with E-state index >= 15 is 0 Å². The van der Waals surface area contributed by atoms with Crippen molar-refractivity contribution in [3.63, 3.8) is 0 Å². The Morgan fingerprint density at radius 1 is 1.15 bits per heavy atom. The third-order valence-electron chi connectivity index (χ3n) is 8.26. The summed E-state index contributed by atoms with van der Waals surface area (Å²) in [6.45, 7) is 4.90. The van der Waals surface area contributed by atoms with Crippen LogP contribution in [0.5, 0.6) is 17.2 Å². The van der Waals surface area contributed by atoms with Gasteiger partial charge in [0.25, 0.3) is 5.91 Å². The van der Waals surface area contributed by atoms with Gasteiger partial charge in [0.15, 0.2) is 0 Å². The van der Waals surface area contributed by atoms with Crippen molar-refractivity contribution >= 4 is 29.2 Å². The average Bonchev–Trinajstić information content (AvgIpc) is 3.47. The van der Waals surface area contributed by atoms with Crippen LogP contribution in [0.4, 0.5) is 5.82 Å². The number of amides is 2. The predicted octanol–water partition coefficient (Wildman–Crippen LogP) is 3.82. The van der Waals surface area contributed by atoms with Crippen LogP contribution in [0.2, 0.25) is 5.02 Å². The molecule has 2 amide bonds. The topological polar surface area (TPSA) is 96.0 Å². The Labute approximate surface area is 237 Å². The summed E-state index contributed by atoms with van der Waals surface area (Å²) >= 11 is 6.59. The summed E-state index contributed by atoms with van der Waals surface area (Å²) in [5.74, 6) is 2.59. The first-order valence-corrected chi connectivity index (χ1v) is 14.1. The van der Waals surface area contributed by atoms with E-state index in [0.29, 0.717) is 40.7 Å². The van der Waals surface area contributed by atoms with Crippen molar-refractivity contribution in [2.75, 3.05) is 38.5 Å². The Morgan fingerprint density at radius 3 is 2.83 bits per heavy atom. The molecule has 2 N–H and O–H groups in total. The summed E-state index contributed by atoms with van der Waals surface area (Å²) in [6, 6.07) is 13.0. The van der Waals surface area contributed by atoms with Gasteiger partial charge in [0.1, 0.15) is 29.2 Å². The van der Waals surface area contributed by atoms with Crippen molar-refractivity contribution in [1.29, 1.82) is 0 Å². The van der Waals surface area contributed by atoms with E-state index in [1.807, 2.05) is 36.4 Å². The zero-order valence-electron chi connectivity index (χ0n) is 22.2. The molecule has 4 aliphatic rings. The SMILES string of the molecule is CN1CCN(Cc2ccc(C(=O)NC3[C@H]4Oc5ccc(Oc6ccnc7c6CCC(=O)N7)cc5[C@@H]34)cc2Cl)CC1. The second-order valence-electron chi connectivity index (χ2n) is 11.0. The number of nitrogens with zero attached hydrogens (tertiary/aromatic N) is 3. The van der Waals surface area contributed by atoms with Gasteiger partial charge in [0.05, 0.1) is 12.0 Å². The Morgan fingerprint density at radius 2 is 2.00 bits per heavy atom. The van der Waals surface area contributed by atoms with E-state index in [2.05, 4.69) is 32.5 Å². The molecule has 9 nitrogen and oxygen atoms in total. The molecular formula is C30H30ClN5O4. The van der Waals surface area contributed by atoms with Crippen LogP contribution in [0.3, 0.4) is 0 Å². The number of nitrogens with one attached hydrogen (secondary N) is 2. The van der Waals surface area contributed by atoms with E-state index in [4.69, 9.17) is 21.1 Å². The van der Waals surface area contributed by atoms with Gasteiger partial charge in [-0.3, -0.25) is 14.5 Å². The molecule has 2 aromatic carbocycles. The maximum Gasteiger partial charge on any atom is 0.251 e. The molecule has 1 aromatic heterocycles. The molecule has 3 atom stereocenters. The van der Waals surface area contributed by atoms with E-state index in [1.165, 1.54) is 0 Å². The highest BCUT2D eigenvalue weighted by molar-refractivity contribution is 6.31. The van der Waals surface area contributed by atoms with Gasteiger partial charge in [0.2, 0.25) is 5.91 Å². The fraction of sp³-hybridized carbons (Fsp3) is 0.367. The minimum Gasteiger partial charge on any atom is -0.487 e. The van der Waals surface area contributed by atoms with Gasteiger partial charge in [-0.2, -0.15) is 0 Å². The first-order valence-electron chi connectivity index (χ1n) is 13.7. The molecule has 2 fully saturated rings. The fourth-order valence-electron chi connectivity index (χ4n) is 5.85. The van der Waals surface area contributed by atoms with Gasteiger partial charge in [-0.15, -0.1) is 0 Å². The maximum atomic E-state index is 13.1. The summed E-state index contributed by atoms with van der Waals surface area (Å²) in [6.07, 6.45) is 2.52. The third kappa shape index (κ3) is 4.78. The smallest absolute Gasteiger partial charge is 0.251 e. The molecule has 1 aliphatic carbocycles. The minimum absolute atomic E-state index is 0.0384. The Balaban J connectivity index is 1.00. The molecule has 206 valence electrons. The first kappa shape index (κ1) is 25.3. The number of fused-ring (bicyclic) bond motifs is 4. The van der Waals surface area contributed by atoms with Crippen LogP contribution in [-0.2, 0) is 17.8 Å². The number of aromatic nitrogens is 1. The van der Waals surface area contributed by atoms with Crippen LogP contribution in [0.25, 0.3) is 0 Å². The number of piperazine rings is 1. The van der Waals surface area contributed by atoms with Crippen LogP contribution in [0.1, 0.15) is 39.4 Å². The summed E-state index contributed by atoms with van der Waals surface area (Å²) in [5, 5.41) is 6.55. The second kappa shape index (κ2) is 10.1. The largest absolute Gasteiger partial charge is 0.487 e. The minimum atomic E-state index is -0.157. The van der Waals surface area contributed by atoms with Crippen molar-refractivity contribution in [3.8, 4) is 17.2 Å². The summed E-state index contributed by atoms with van der Waals surface area (Å²) in [4.78, 5) is 33.8. The third-order valence-corrected chi connectivity index (χ3v) is 8.61. The van der Waals surface area contributed by atoms with Crippen molar-refractivity contribution in [1.82, 2.24) is 20.1 Å². The quantitative estimate of drug-likeness (QED) is 0.474. The number of benzene rings is 2. The van der Waals surface area contributed by atoms with E-state index in [9.17, 15) is 9.59 Å². The van der Waals surface area contributed by atoms with Crippen LogP contribution < -0.4 is 20.1 Å². The summed E-state index contributed by atoms with van der Waals surface area (Å²) in [5.41, 5.74) is 3.49. The molecule has 3 aromatic rings. The molecular weight excluding hydrogens is 530 g/mol. The second-order valence-corrected chi connectivity index (χ2v) is 11.4. The van der Waals surface area contributed by atoms with E-state index in [1.54, 1.807) is 12.3 Å². The number of hydrogen-bond acceptors (Lipinski definition) is 7. The number of carbonyl (C=O) groups is 2. The molecule has 0 radical (unpaired) electrons. The molecule has 0 bridgehead atoms. The standard InChI is InChI=1S/C30H30ClN5O4/c1-35-10-12-36(13-11-35)16-18-3-2-17(14-22(18)31)30(38)34-27-26-21-15-19(4-6-23(21)40-28(26)27)39-24-8-9-32-29-20(24)5-7-25(37)33-29/h2-4,6,8-9,14-15,26-28H,5,7,10-13,16H2,1H3,(H,34,38)(H,32,33,37)/t26-,27?,28-/m0/s1. The Kier molecular flexibility index (Phi) is 6.37. The summed E-state index contributed by atoms with van der Waals surface area (Å²) in [7, 11) is 2.14. The van der Waals surface area contributed by atoms with Gasteiger partial charge in [-0.05, 0) is 55.4 Å². The van der Waals surface area contributed by atoms with Crippen molar-refractivity contribution in [2.45, 2.75) is 37.5 Å². The zero-order valence-corrected chi connectivity index (χ0v) is 22.9. The van der Waals surface area contributed by atoms with E-state index in [0.717, 1.165) is 55.2 Å². The number of ether oxygens (including phenoxy) is 2. The number of likely N-dealkylation sites (N-methyl/N-ethyl adjacent to an activating group) is 1. The molecule has 0 spiro atoms. The molecule has 4 heterocycles.